The van der Waals surface area contributed by atoms with Crippen molar-refractivity contribution in [2.75, 3.05) is 24.5 Å². The molecule has 1 saturated heterocycles. The van der Waals surface area contributed by atoms with Crippen molar-refractivity contribution in [3.05, 3.63) is 88.1 Å². The topological polar surface area (TPSA) is 115 Å². The molecular formula is C28H22ClFN6O3. The Morgan fingerprint density at radius 2 is 2.00 bits per heavy atom. The molecule has 3 heterocycles. The molecule has 1 atom stereocenters. The third-order valence-corrected chi connectivity index (χ3v) is 6.97. The summed E-state index contributed by atoms with van der Waals surface area (Å²) in [6.07, 6.45) is 1.26. The van der Waals surface area contributed by atoms with Gasteiger partial charge in [-0.1, -0.05) is 36.4 Å². The number of aromatic hydroxyl groups is 1. The average molecular weight is 545 g/mol. The van der Waals surface area contributed by atoms with E-state index in [1.807, 2.05) is 11.8 Å². The van der Waals surface area contributed by atoms with Crippen LogP contribution in [0.4, 0.5) is 10.2 Å². The molecule has 2 aromatic heterocycles. The second kappa shape index (κ2) is 10.2. The summed E-state index contributed by atoms with van der Waals surface area (Å²) in [5, 5.41) is 20.6. The summed E-state index contributed by atoms with van der Waals surface area (Å²) in [7, 11) is 0. The Morgan fingerprint density at radius 3 is 2.69 bits per heavy atom. The molecule has 1 aliphatic heterocycles. The molecule has 2 aromatic carbocycles. The van der Waals surface area contributed by atoms with E-state index in [1.54, 1.807) is 29.2 Å². The number of carbonyl (C=O) groups is 1. The number of hydrogen-bond donors (Lipinski definition) is 1. The molecule has 1 fully saturated rings. The molecule has 5 rings (SSSR count). The second-order valence-corrected chi connectivity index (χ2v) is 9.44. The zero-order valence-electron chi connectivity index (χ0n) is 20.8. The molecule has 1 amide bonds. The van der Waals surface area contributed by atoms with E-state index in [2.05, 4.69) is 22.6 Å². The number of nitriles is 1. The molecule has 0 bridgehead atoms. The molecule has 11 heteroatoms. The van der Waals surface area contributed by atoms with Crippen LogP contribution in [0.25, 0.3) is 28.0 Å². The van der Waals surface area contributed by atoms with Crippen molar-refractivity contribution in [2.24, 2.45) is 0 Å². The van der Waals surface area contributed by atoms with Crippen LogP contribution in [0, 0.1) is 17.1 Å². The van der Waals surface area contributed by atoms with Crippen molar-refractivity contribution >= 4 is 34.4 Å². The van der Waals surface area contributed by atoms with Crippen LogP contribution < -0.4 is 10.6 Å². The normalized spacial score (nSPS) is 15.3. The summed E-state index contributed by atoms with van der Waals surface area (Å²) in [6.45, 7) is 6.56. The van der Waals surface area contributed by atoms with Crippen LogP contribution in [0.2, 0.25) is 5.02 Å². The van der Waals surface area contributed by atoms with E-state index < -0.39 is 11.5 Å². The van der Waals surface area contributed by atoms with E-state index in [4.69, 9.17) is 11.6 Å². The fourth-order valence-corrected chi connectivity index (χ4v) is 5.07. The van der Waals surface area contributed by atoms with E-state index >= 15 is 0 Å². The first-order valence-corrected chi connectivity index (χ1v) is 12.4. The molecule has 0 saturated carbocycles. The molecule has 0 aliphatic carbocycles. The maximum absolute atomic E-state index is 14.9. The van der Waals surface area contributed by atoms with Gasteiger partial charge in [-0.05, 0) is 43.3 Å². The number of amides is 1. The number of aromatic nitrogens is 3. The summed E-state index contributed by atoms with van der Waals surface area (Å²) in [6, 6.07) is 13.7. The molecule has 4 aromatic rings. The highest BCUT2D eigenvalue weighted by Gasteiger charge is 2.30. The van der Waals surface area contributed by atoms with E-state index in [0.29, 0.717) is 25.0 Å². The molecule has 39 heavy (non-hydrogen) atoms. The Labute approximate surface area is 227 Å². The molecule has 0 spiro atoms. The maximum Gasteiger partial charge on any atom is 0.355 e. The molecule has 9 nitrogen and oxygen atoms in total. The summed E-state index contributed by atoms with van der Waals surface area (Å²) in [5.41, 5.74) is -0.495. The molecule has 196 valence electrons. The highest BCUT2D eigenvalue weighted by Crippen LogP contribution is 2.38. The number of hydrogen-bond acceptors (Lipinski definition) is 7. The van der Waals surface area contributed by atoms with Gasteiger partial charge in [0.2, 0.25) is 5.91 Å². The third kappa shape index (κ3) is 4.47. The van der Waals surface area contributed by atoms with Crippen molar-refractivity contribution in [3.8, 4) is 28.8 Å². The zero-order valence-corrected chi connectivity index (χ0v) is 21.6. The number of anilines is 1. The van der Waals surface area contributed by atoms with Crippen LogP contribution in [-0.4, -0.2) is 56.1 Å². The largest absolute Gasteiger partial charge is 0.507 e. The molecule has 1 aliphatic rings. The Bertz CT molecular complexity index is 1730. The van der Waals surface area contributed by atoms with Crippen LogP contribution in [0.3, 0.4) is 0 Å². The Morgan fingerprint density at radius 1 is 1.23 bits per heavy atom. The number of carbonyl (C=O) groups excluding carboxylic acids is 1. The Hall–Kier alpha value is -4.75. The van der Waals surface area contributed by atoms with E-state index in [0.717, 1.165) is 0 Å². The summed E-state index contributed by atoms with van der Waals surface area (Å²) in [5.74, 6) is -1.03. The number of pyridine rings is 1. The summed E-state index contributed by atoms with van der Waals surface area (Å²) >= 11 is 6.62. The SMILES string of the molecule is C=CC(=O)N1CCN(c2nc(=O)n(-c3ccccc3C#N)c3nc(-c4c(O)cccc4F)c(Cl)cc23)[C@@H](C)C1. The van der Waals surface area contributed by atoms with Gasteiger partial charge in [0.25, 0.3) is 0 Å². The van der Waals surface area contributed by atoms with Crippen molar-refractivity contribution < 1.29 is 14.3 Å². The summed E-state index contributed by atoms with van der Waals surface area (Å²) < 4.78 is 16.0. The Balaban J connectivity index is 1.80. The molecule has 0 radical (unpaired) electrons. The zero-order chi connectivity index (χ0) is 27.8. The van der Waals surface area contributed by atoms with Crippen LogP contribution in [0.15, 0.2) is 66.0 Å². The van der Waals surface area contributed by atoms with Gasteiger partial charge in [0.15, 0.2) is 5.65 Å². The van der Waals surface area contributed by atoms with Gasteiger partial charge in [0.05, 0.1) is 32.9 Å². The molecule has 0 unspecified atom stereocenters. The lowest BCUT2D eigenvalue weighted by Crippen LogP contribution is -2.54. The standard InChI is InChI=1S/C28H22ClFN6O3/c1-3-23(38)34-11-12-35(16(2)15-34)26-18-13-19(29)25(24-20(30)8-6-10-22(24)37)32-27(18)36(28(39)33-26)21-9-5-4-7-17(21)14-31/h3-10,13,16,37H,1,11-12,15H2,2H3/t16-/m0/s1. The second-order valence-electron chi connectivity index (χ2n) is 9.04. The minimum absolute atomic E-state index is 0.0258. The number of nitrogens with zero attached hydrogens (tertiary/aromatic N) is 6. The third-order valence-electron chi connectivity index (χ3n) is 6.68. The van der Waals surface area contributed by atoms with Gasteiger partial charge in [0.1, 0.15) is 23.5 Å². The number of piperazine rings is 1. The number of benzene rings is 2. The first-order valence-electron chi connectivity index (χ1n) is 12.0. The molecular weight excluding hydrogens is 523 g/mol. The predicted molar refractivity (Wildman–Crippen MR) is 146 cm³/mol. The first-order chi connectivity index (χ1) is 18.7. The smallest absolute Gasteiger partial charge is 0.355 e. The lowest BCUT2D eigenvalue weighted by atomic mass is 10.1. The van der Waals surface area contributed by atoms with E-state index in [9.17, 15) is 24.3 Å². The number of phenols is 1. The fourth-order valence-electron chi connectivity index (χ4n) is 4.83. The van der Waals surface area contributed by atoms with Gasteiger partial charge in [-0.15, -0.1) is 0 Å². The summed E-state index contributed by atoms with van der Waals surface area (Å²) in [4.78, 5) is 38.3. The van der Waals surface area contributed by atoms with Crippen LogP contribution >= 0.6 is 11.6 Å². The lowest BCUT2D eigenvalue weighted by molar-refractivity contribution is -0.126. The predicted octanol–water partition coefficient (Wildman–Crippen LogP) is 4.04. The van der Waals surface area contributed by atoms with Gasteiger partial charge in [-0.3, -0.25) is 4.79 Å². The minimum atomic E-state index is -0.749. The maximum atomic E-state index is 14.9. The van der Waals surface area contributed by atoms with Crippen molar-refractivity contribution in [1.29, 1.82) is 5.26 Å². The van der Waals surface area contributed by atoms with E-state index in [-0.39, 0.29) is 56.7 Å². The fraction of sp³-hybridized carbons (Fsp3) is 0.179. The van der Waals surface area contributed by atoms with Gasteiger partial charge in [0, 0.05) is 25.7 Å². The molecule has 1 N–H and O–H groups in total. The van der Waals surface area contributed by atoms with Gasteiger partial charge >= 0.3 is 5.69 Å². The van der Waals surface area contributed by atoms with Crippen LogP contribution in [0.5, 0.6) is 5.75 Å². The van der Waals surface area contributed by atoms with Crippen LogP contribution in [-0.2, 0) is 4.79 Å². The van der Waals surface area contributed by atoms with Crippen LogP contribution in [0.1, 0.15) is 12.5 Å². The first kappa shape index (κ1) is 25.9. The van der Waals surface area contributed by atoms with Gasteiger partial charge in [-0.2, -0.15) is 10.2 Å². The van der Waals surface area contributed by atoms with Crippen molar-refractivity contribution in [2.45, 2.75) is 13.0 Å². The van der Waals surface area contributed by atoms with Crippen molar-refractivity contribution in [1.82, 2.24) is 19.4 Å². The number of halogens is 2. The quantitative estimate of drug-likeness (QED) is 0.385. The lowest BCUT2D eigenvalue weighted by Gasteiger charge is -2.40. The van der Waals surface area contributed by atoms with Gasteiger partial charge in [-0.25, -0.2) is 18.7 Å². The number of rotatable bonds is 4. The van der Waals surface area contributed by atoms with Gasteiger partial charge < -0.3 is 14.9 Å². The number of fused-ring (bicyclic) bond motifs is 1. The number of para-hydroxylation sites is 1. The average Bonchev–Trinajstić information content (AvgIpc) is 2.92. The minimum Gasteiger partial charge on any atom is -0.507 e. The highest BCUT2D eigenvalue weighted by atomic mass is 35.5. The van der Waals surface area contributed by atoms with E-state index in [1.165, 1.54) is 34.9 Å². The monoisotopic (exact) mass is 544 g/mol. The number of phenolic OH excluding ortho intramolecular Hbond substituents is 1. The Kier molecular flexibility index (Phi) is 6.76. The highest BCUT2D eigenvalue weighted by molar-refractivity contribution is 6.34. The van der Waals surface area contributed by atoms with Crippen molar-refractivity contribution in [3.63, 3.8) is 0 Å².